The first kappa shape index (κ1) is 11.9. The highest BCUT2D eigenvalue weighted by atomic mass is 16.5. The zero-order valence-corrected chi connectivity index (χ0v) is 8.70. The number of nitrogens with two attached hydrogens (primary N) is 1. The molecule has 6 heteroatoms. The SMILES string of the molecule is NC(=O)CC(=O)NCCN1CCOCC1. The summed E-state index contributed by atoms with van der Waals surface area (Å²) >= 11 is 0. The van der Waals surface area contributed by atoms with Gasteiger partial charge < -0.3 is 15.8 Å². The van der Waals surface area contributed by atoms with Crippen LogP contribution in [0.2, 0.25) is 0 Å². The van der Waals surface area contributed by atoms with Crippen LogP contribution >= 0.6 is 0 Å². The van der Waals surface area contributed by atoms with Crippen molar-refractivity contribution in [1.29, 1.82) is 0 Å². The van der Waals surface area contributed by atoms with Crippen molar-refractivity contribution in [2.45, 2.75) is 6.42 Å². The number of rotatable bonds is 5. The fourth-order valence-corrected chi connectivity index (χ4v) is 1.40. The summed E-state index contributed by atoms with van der Waals surface area (Å²) in [5.74, 6) is -0.908. The molecule has 86 valence electrons. The third kappa shape index (κ3) is 5.34. The number of morpholine rings is 1. The Hall–Kier alpha value is -1.14. The fraction of sp³-hybridized carbons (Fsp3) is 0.778. The molecule has 0 bridgehead atoms. The Bertz CT molecular complexity index is 227. The summed E-state index contributed by atoms with van der Waals surface area (Å²) in [5.41, 5.74) is 4.88. The van der Waals surface area contributed by atoms with Gasteiger partial charge in [-0.25, -0.2) is 0 Å². The number of ether oxygens (including phenoxy) is 1. The zero-order chi connectivity index (χ0) is 11.1. The molecule has 0 aliphatic carbocycles. The van der Waals surface area contributed by atoms with Crippen LogP contribution in [0.3, 0.4) is 0 Å². The number of primary amides is 1. The summed E-state index contributed by atoms with van der Waals surface area (Å²) in [4.78, 5) is 23.7. The Balaban J connectivity index is 2.04. The molecule has 0 aromatic carbocycles. The van der Waals surface area contributed by atoms with E-state index in [0.717, 1.165) is 32.8 Å². The van der Waals surface area contributed by atoms with Crippen LogP contribution in [-0.4, -0.2) is 56.1 Å². The van der Waals surface area contributed by atoms with Gasteiger partial charge in [-0.2, -0.15) is 0 Å². The molecule has 1 saturated heterocycles. The molecule has 0 aromatic heterocycles. The Kier molecular flexibility index (Phi) is 5.06. The number of hydrogen-bond acceptors (Lipinski definition) is 4. The molecule has 1 fully saturated rings. The van der Waals surface area contributed by atoms with Crippen LogP contribution in [0.1, 0.15) is 6.42 Å². The highest BCUT2D eigenvalue weighted by molar-refractivity contribution is 5.95. The molecular formula is C9H17N3O3. The molecule has 0 aromatic rings. The number of hydrogen-bond donors (Lipinski definition) is 2. The highest BCUT2D eigenvalue weighted by Gasteiger charge is 2.10. The van der Waals surface area contributed by atoms with Crippen LogP contribution in [0.25, 0.3) is 0 Å². The van der Waals surface area contributed by atoms with Crippen LogP contribution < -0.4 is 11.1 Å². The Labute approximate surface area is 88.7 Å². The molecular weight excluding hydrogens is 198 g/mol. The van der Waals surface area contributed by atoms with Crippen LogP contribution in [0.4, 0.5) is 0 Å². The molecule has 0 spiro atoms. The van der Waals surface area contributed by atoms with E-state index in [2.05, 4.69) is 10.2 Å². The van der Waals surface area contributed by atoms with E-state index in [1.807, 2.05) is 0 Å². The Morgan fingerprint density at radius 1 is 1.33 bits per heavy atom. The largest absolute Gasteiger partial charge is 0.379 e. The van der Waals surface area contributed by atoms with Gasteiger partial charge in [-0.1, -0.05) is 0 Å². The van der Waals surface area contributed by atoms with Gasteiger partial charge in [0.1, 0.15) is 6.42 Å². The minimum absolute atomic E-state index is 0.233. The van der Waals surface area contributed by atoms with Gasteiger partial charge in [-0.15, -0.1) is 0 Å². The number of nitrogens with one attached hydrogen (secondary N) is 1. The molecule has 1 heterocycles. The lowest BCUT2D eigenvalue weighted by atomic mass is 10.3. The third-order valence-corrected chi connectivity index (χ3v) is 2.19. The summed E-state index contributed by atoms with van der Waals surface area (Å²) in [6.45, 7) is 4.61. The van der Waals surface area contributed by atoms with E-state index in [4.69, 9.17) is 10.5 Å². The van der Waals surface area contributed by atoms with Crippen molar-refractivity contribution in [2.24, 2.45) is 5.73 Å². The first-order chi connectivity index (χ1) is 7.18. The highest BCUT2D eigenvalue weighted by Crippen LogP contribution is 1.94. The lowest BCUT2D eigenvalue weighted by Gasteiger charge is -2.26. The van der Waals surface area contributed by atoms with Gasteiger partial charge in [-0.05, 0) is 0 Å². The van der Waals surface area contributed by atoms with Gasteiger partial charge in [0.25, 0.3) is 0 Å². The van der Waals surface area contributed by atoms with Crippen molar-refractivity contribution in [1.82, 2.24) is 10.2 Å². The van der Waals surface area contributed by atoms with Gasteiger partial charge in [0.2, 0.25) is 11.8 Å². The third-order valence-electron chi connectivity index (χ3n) is 2.19. The minimum atomic E-state index is -0.598. The minimum Gasteiger partial charge on any atom is -0.379 e. The average Bonchev–Trinajstić information content (AvgIpc) is 2.18. The van der Waals surface area contributed by atoms with Crippen molar-refractivity contribution in [3.05, 3.63) is 0 Å². The van der Waals surface area contributed by atoms with Crippen LogP contribution in [0, 0.1) is 0 Å². The van der Waals surface area contributed by atoms with Crippen LogP contribution in [0.15, 0.2) is 0 Å². The number of nitrogens with zero attached hydrogens (tertiary/aromatic N) is 1. The van der Waals surface area contributed by atoms with E-state index in [9.17, 15) is 9.59 Å². The summed E-state index contributed by atoms with van der Waals surface area (Å²) in [6.07, 6.45) is -0.233. The van der Waals surface area contributed by atoms with Gasteiger partial charge >= 0.3 is 0 Å². The lowest BCUT2D eigenvalue weighted by Crippen LogP contribution is -2.41. The monoisotopic (exact) mass is 215 g/mol. The molecule has 0 saturated carbocycles. The summed E-state index contributed by atoms with van der Waals surface area (Å²) in [6, 6.07) is 0. The topological polar surface area (TPSA) is 84.7 Å². The maximum atomic E-state index is 11.0. The predicted molar refractivity (Wildman–Crippen MR) is 54.1 cm³/mol. The quantitative estimate of drug-likeness (QED) is 0.536. The average molecular weight is 215 g/mol. The molecule has 15 heavy (non-hydrogen) atoms. The van der Waals surface area contributed by atoms with E-state index in [1.54, 1.807) is 0 Å². The van der Waals surface area contributed by atoms with Crippen LogP contribution in [-0.2, 0) is 14.3 Å². The molecule has 1 aliphatic heterocycles. The van der Waals surface area contributed by atoms with Crippen molar-refractivity contribution in [2.75, 3.05) is 39.4 Å². The van der Waals surface area contributed by atoms with Crippen molar-refractivity contribution in [3.63, 3.8) is 0 Å². The molecule has 3 N–H and O–H groups in total. The molecule has 0 radical (unpaired) electrons. The normalized spacial score (nSPS) is 17.3. The second kappa shape index (κ2) is 6.36. The van der Waals surface area contributed by atoms with Crippen molar-refractivity contribution < 1.29 is 14.3 Å². The number of carbonyl (C=O) groups excluding carboxylic acids is 2. The molecule has 0 unspecified atom stereocenters. The standard InChI is InChI=1S/C9H17N3O3/c10-8(13)7-9(14)11-1-2-12-3-5-15-6-4-12/h1-7H2,(H2,10,13)(H,11,14). The van der Waals surface area contributed by atoms with Gasteiger partial charge in [0.05, 0.1) is 13.2 Å². The van der Waals surface area contributed by atoms with E-state index in [1.165, 1.54) is 0 Å². The Morgan fingerprint density at radius 3 is 2.60 bits per heavy atom. The first-order valence-electron chi connectivity index (χ1n) is 5.03. The zero-order valence-electron chi connectivity index (χ0n) is 8.70. The fourth-order valence-electron chi connectivity index (χ4n) is 1.40. The Morgan fingerprint density at radius 2 is 2.00 bits per heavy atom. The summed E-state index contributed by atoms with van der Waals surface area (Å²) in [7, 11) is 0. The molecule has 6 nitrogen and oxygen atoms in total. The molecule has 1 rings (SSSR count). The van der Waals surface area contributed by atoms with E-state index in [-0.39, 0.29) is 12.3 Å². The van der Waals surface area contributed by atoms with Crippen LogP contribution in [0.5, 0.6) is 0 Å². The summed E-state index contributed by atoms with van der Waals surface area (Å²) < 4.78 is 5.19. The lowest BCUT2D eigenvalue weighted by molar-refractivity contribution is -0.127. The smallest absolute Gasteiger partial charge is 0.229 e. The number of amides is 2. The van der Waals surface area contributed by atoms with Crippen molar-refractivity contribution in [3.8, 4) is 0 Å². The number of carbonyl (C=O) groups is 2. The van der Waals surface area contributed by atoms with Gasteiger partial charge in [-0.3, -0.25) is 14.5 Å². The summed E-state index contributed by atoms with van der Waals surface area (Å²) in [5, 5.41) is 2.64. The van der Waals surface area contributed by atoms with E-state index < -0.39 is 5.91 Å². The first-order valence-corrected chi connectivity index (χ1v) is 5.03. The van der Waals surface area contributed by atoms with Gasteiger partial charge in [0.15, 0.2) is 0 Å². The second-order valence-electron chi connectivity index (χ2n) is 3.45. The maximum absolute atomic E-state index is 11.0. The maximum Gasteiger partial charge on any atom is 0.229 e. The van der Waals surface area contributed by atoms with Gasteiger partial charge in [0, 0.05) is 26.2 Å². The predicted octanol–water partition coefficient (Wildman–Crippen LogP) is -1.69. The van der Waals surface area contributed by atoms with E-state index in [0.29, 0.717) is 6.54 Å². The second-order valence-corrected chi connectivity index (χ2v) is 3.45. The van der Waals surface area contributed by atoms with E-state index >= 15 is 0 Å². The molecule has 0 atom stereocenters. The molecule has 2 amide bonds. The van der Waals surface area contributed by atoms with Crippen molar-refractivity contribution >= 4 is 11.8 Å². The molecule has 1 aliphatic rings.